The van der Waals surface area contributed by atoms with E-state index in [4.69, 9.17) is 0 Å². The molecule has 3 aromatic rings. The highest BCUT2D eigenvalue weighted by molar-refractivity contribution is 8.93. The van der Waals surface area contributed by atoms with E-state index in [9.17, 15) is 0 Å². The molecular weight excluding hydrogens is 240 g/mol. The normalized spacial score (nSPS) is 10.3. The van der Waals surface area contributed by atoms with Crippen LogP contribution in [0.3, 0.4) is 0 Å². The first-order valence-corrected chi connectivity index (χ1v) is 4.25. The van der Waals surface area contributed by atoms with E-state index in [-0.39, 0.29) is 17.0 Å². The molecule has 0 aliphatic heterocycles. The first kappa shape index (κ1) is 9.21. The highest BCUT2D eigenvalue weighted by Gasteiger charge is 1.98. The summed E-state index contributed by atoms with van der Waals surface area (Å²) >= 11 is 0. The molecule has 3 heteroatoms. The molecule has 0 bridgehead atoms. The smallest absolute Gasteiger partial charge is 0.144 e. The van der Waals surface area contributed by atoms with Crippen molar-refractivity contribution < 1.29 is 0 Å². The minimum Gasteiger partial charge on any atom is -0.307 e. The van der Waals surface area contributed by atoms with Gasteiger partial charge in [-0.1, -0.05) is 24.3 Å². The maximum Gasteiger partial charge on any atom is 0.144 e. The van der Waals surface area contributed by atoms with Crippen LogP contribution in [0.5, 0.6) is 0 Å². The van der Waals surface area contributed by atoms with Crippen molar-refractivity contribution in [3.63, 3.8) is 0 Å². The van der Waals surface area contributed by atoms with Gasteiger partial charge in [0.2, 0.25) is 0 Å². The van der Waals surface area contributed by atoms with Gasteiger partial charge in [-0.25, -0.2) is 4.98 Å². The molecule has 0 saturated carbocycles. The largest absolute Gasteiger partial charge is 0.307 e. The van der Waals surface area contributed by atoms with Gasteiger partial charge in [0.15, 0.2) is 0 Å². The second-order valence-electron chi connectivity index (χ2n) is 3.06. The lowest BCUT2D eigenvalue weighted by molar-refractivity contribution is 1.20. The third-order valence-electron chi connectivity index (χ3n) is 2.29. The Morgan fingerprint density at radius 2 is 1.86 bits per heavy atom. The number of hydrogen-bond donors (Lipinski definition) is 0. The van der Waals surface area contributed by atoms with Crippen molar-refractivity contribution in [2.24, 2.45) is 0 Å². The van der Waals surface area contributed by atoms with E-state index in [1.165, 1.54) is 10.8 Å². The Hall–Kier alpha value is -1.35. The Morgan fingerprint density at radius 1 is 1.00 bits per heavy atom. The van der Waals surface area contributed by atoms with Crippen LogP contribution in [0.25, 0.3) is 16.4 Å². The minimum absolute atomic E-state index is 0. The molecule has 0 saturated heterocycles. The second kappa shape index (κ2) is 3.42. The number of hydrogen-bond acceptors (Lipinski definition) is 1. The van der Waals surface area contributed by atoms with Crippen LogP contribution in [0.2, 0.25) is 0 Å². The van der Waals surface area contributed by atoms with Gasteiger partial charge in [0.1, 0.15) is 5.65 Å². The van der Waals surface area contributed by atoms with E-state index >= 15 is 0 Å². The summed E-state index contributed by atoms with van der Waals surface area (Å²) in [5, 5.41) is 2.44. The van der Waals surface area contributed by atoms with Crippen molar-refractivity contribution in [3.05, 3.63) is 48.9 Å². The highest BCUT2D eigenvalue weighted by atomic mass is 79.9. The summed E-state index contributed by atoms with van der Waals surface area (Å²) in [5.41, 5.74) is 1.03. The molecule has 0 aliphatic rings. The van der Waals surface area contributed by atoms with Gasteiger partial charge in [0.05, 0.1) is 0 Å². The standard InChI is InChI=1S/C11H8N2.BrH/c1-2-4-10-9(3-1)5-7-13-8-6-12-11(10)13;/h1-8H;1H. The molecule has 1 aromatic carbocycles. The maximum atomic E-state index is 4.31. The monoisotopic (exact) mass is 248 g/mol. The van der Waals surface area contributed by atoms with Crippen molar-refractivity contribution in [2.75, 3.05) is 0 Å². The molecule has 2 aromatic heterocycles. The average molecular weight is 249 g/mol. The molecule has 14 heavy (non-hydrogen) atoms. The average Bonchev–Trinajstić information content (AvgIpc) is 2.65. The molecule has 0 radical (unpaired) electrons. The lowest BCUT2D eigenvalue weighted by Crippen LogP contribution is -1.83. The van der Waals surface area contributed by atoms with E-state index in [2.05, 4.69) is 23.2 Å². The van der Waals surface area contributed by atoms with Crippen LogP contribution in [0, 0.1) is 0 Å². The Bertz CT molecular complexity index is 571. The Labute approximate surface area is 92.0 Å². The third kappa shape index (κ3) is 1.21. The number of nitrogens with zero attached hydrogens (tertiary/aromatic N) is 2. The van der Waals surface area contributed by atoms with Crippen molar-refractivity contribution >= 4 is 33.4 Å². The molecule has 3 rings (SSSR count). The lowest BCUT2D eigenvalue weighted by atomic mass is 10.2. The fraction of sp³-hybridized carbons (Fsp3) is 0. The Morgan fingerprint density at radius 3 is 2.79 bits per heavy atom. The van der Waals surface area contributed by atoms with E-state index < -0.39 is 0 Å². The van der Waals surface area contributed by atoms with Crippen molar-refractivity contribution in [2.45, 2.75) is 0 Å². The lowest BCUT2D eigenvalue weighted by Gasteiger charge is -1.98. The summed E-state index contributed by atoms with van der Waals surface area (Å²) in [5.74, 6) is 0. The highest BCUT2D eigenvalue weighted by Crippen LogP contribution is 2.17. The molecule has 0 unspecified atom stereocenters. The first-order valence-electron chi connectivity index (χ1n) is 4.25. The first-order chi connectivity index (χ1) is 6.45. The third-order valence-corrected chi connectivity index (χ3v) is 2.29. The van der Waals surface area contributed by atoms with Gasteiger partial charge in [-0.3, -0.25) is 0 Å². The number of benzene rings is 1. The van der Waals surface area contributed by atoms with E-state index in [0.717, 1.165) is 5.65 Å². The molecule has 0 aliphatic carbocycles. The zero-order chi connectivity index (χ0) is 8.67. The van der Waals surface area contributed by atoms with E-state index in [1.54, 1.807) is 0 Å². The Kier molecular flexibility index (Phi) is 2.25. The van der Waals surface area contributed by atoms with Crippen LogP contribution in [0.15, 0.2) is 48.9 Å². The van der Waals surface area contributed by atoms with Gasteiger partial charge >= 0.3 is 0 Å². The SMILES string of the molecule is Br.c1ccc2c(c1)ccn1ccnc21. The van der Waals surface area contributed by atoms with Gasteiger partial charge < -0.3 is 4.40 Å². The summed E-state index contributed by atoms with van der Waals surface area (Å²) in [4.78, 5) is 4.31. The van der Waals surface area contributed by atoms with Crippen LogP contribution < -0.4 is 0 Å². The van der Waals surface area contributed by atoms with Crippen molar-refractivity contribution in [3.8, 4) is 0 Å². The molecule has 0 fully saturated rings. The molecule has 2 heterocycles. The van der Waals surface area contributed by atoms with Crippen LogP contribution in [0.4, 0.5) is 0 Å². The second-order valence-corrected chi connectivity index (χ2v) is 3.06. The molecule has 70 valence electrons. The van der Waals surface area contributed by atoms with Crippen LogP contribution in [-0.4, -0.2) is 9.38 Å². The molecule has 0 amide bonds. The number of pyridine rings is 1. The number of aromatic nitrogens is 2. The fourth-order valence-electron chi connectivity index (χ4n) is 1.65. The number of imidazole rings is 1. The van der Waals surface area contributed by atoms with Gasteiger partial charge in [-0.2, -0.15) is 0 Å². The molecule has 0 N–H and O–H groups in total. The zero-order valence-corrected chi connectivity index (χ0v) is 9.13. The topological polar surface area (TPSA) is 17.3 Å². The van der Waals surface area contributed by atoms with Gasteiger partial charge in [0, 0.05) is 24.0 Å². The number of halogens is 1. The molecule has 2 nitrogen and oxygen atoms in total. The van der Waals surface area contributed by atoms with E-state index in [0.29, 0.717) is 0 Å². The molecular formula is C11H9BrN2. The summed E-state index contributed by atoms with van der Waals surface area (Å²) < 4.78 is 2.03. The van der Waals surface area contributed by atoms with Crippen LogP contribution in [-0.2, 0) is 0 Å². The predicted octanol–water partition coefficient (Wildman–Crippen LogP) is 3.07. The van der Waals surface area contributed by atoms with Gasteiger partial charge in [-0.05, 0) is 11.5 Å². The number of fused-ring (bicyclic) bond motifs is 3. The summed E-state index contributed by atoms with van der Waals surface area (Å²) in [6.45, 7) is 0. The summed E-state index contributed by atoms with van der Waals surface area (Å²) in [6, 6.07) is 10.4. The quantitative estimate of drug-likeness (QED) is 0.598. The van der Waals surface area contributed by atoms with Crippen molar-refractivity contribution in [1.29, 1.82) is 0 Å². The predicted molar refractivity (Wildman–Crippen MR) is 63.0 cm³/mol. The van der Waals surface area contributed by atoms with Gasteiger partial charge in [-0.15, -0.1) is 17.0 Å². The van der Waals surface area contributed by atoms with Crippen molar-refractivity contribution in [1.82, 2.24) is 9.38 Å². The maximum absolute atomic E-state index is 4.31. The van der Waals surface area contributed by atoms with Crippen LogP contribution >= 0.6 is 17.0 Å². The molecule has 0 spiro atoms. The van der Waals surface area contributed by atoms with Gasteiger partial charge in [0.25, 0.3) is 0 Å². The Balaban J connectivity index is 0.000000750. The number of rotatable bonds is 0. The zero-order valence-electron chi connectivity index (χ0n) is 7.42. The minimum atomic E-state index is 0. The molecule has 0 atom stereocenters. The van der Waals surface area contributed by atoms with Crippen LogP contribution in [0.1, 0.15) is 0 Å². The fourth-order valence-corrected chi connectivity index (χ4v) is 1.65. The summed E-state index contributed by atoms with van der Waals surface area (Å²) in [6.07, 6.45) is 5.81. The summed E-state index contributed by atoms with van der Waals surface area (Å²) in [7, 11) is 0. The van der Waals surface area contributed by atoms with E-state index in [1.807, 2.05) is 35.1 Å².